The molecule has 0 bridgehead atoms. The minimum atomic E-state index is 0.0176. The summed E-state index contributed by atoms with van der Waals surface area (Å²) in [6.45, 7) is 2.52. The number of ether oxygens (including phenoxy) is 1. The van der Waals surface area contributed by atoms with Gasteiger partial charge in [-0.05, 0) is 25.1 Å². The number of phenolic OH excluding ortho intramolecular Hbond substituents is 1. The van der Waals surface area contributed by atoms with Crippen LogP contribution >= 0.6 is 0 Å². The van der Waals surface area contributed by atoms with Crippen molar-refractivity contribution in [1.29, 1.82) is 0 Å². The molecule has 1 aromatic heterocycles. The fourth-order valence-corrected chi connectivity index (χ4v) is 2.27. The number of nitrogens with one attached hydrogen (secondary N) is 1. The Morgan fingerprint density at radius 2 is 2.17 bits per heavy atom. The highest BCUT2D eigenvalue weighted by atomic mass is 16.5. The van der Waals surface area contributed by atoms with Gasteiger partial charge in [-0.2, -0.15) is 0 Å². The first kappa shape index (κ1) is 11.4. The van der Waals surface area contributed by atoms with E-state index in [0.717, 1.165) is 30.6 Å². The third-order valence-corrected chi connectivity index (χ3v) is 3.23. The maximum absolute atomic E-state index is 9.83. The molecule has 0 aliphatic carbocycles. The summed E-state index contributed by atoms with van der Waals surface area (Å²) in [6, 6.07) is 9.40. The molecule has 1 fully saturated rings. The molecule has 0 spiro atoms. The Hall–Kier alpha value is -1.65. The lowest BCUT2D eigenvalue weighted by Gasteiger charge is -2.14. The predicted molar refractivity (Wildman–Crippen MR) is 69.6 cm³/mol. The SMILES string of the molecule is Oc1cccc2ccc(C3CCNCCO3)nc12. The average Bonchev–Trinajstić information content (AvgIpc) is 2.68. The molecule has 1 unspecified atom stereocenters. The lowest BCUT2D eigenvalue weighted by Crippen LogP contribution is -2.16. The van der Waals surface area contributed by atoms with E-state index in [9.17, 15) is 5.11 Å². The van der Waals surface area contributed by atoms with Crippen molar-refractivity contribution in [3.63, 3.8) is 0 Å². The quantitative estimate of drug-likeness (QED) is 0.805. The first-order valence-electron chi connectivity index (χ1n) is 6.25. The van der Waals surface area contributed by atoms with Crippen molar-refractivity contribution >= 4 is 10.9 Å². The van der Waals surface area contributed by atoms with Gasteiger partial charge in [0.15, 0.2) is 0 Å². The maximum Gasteiger partial charge on any atom is 0.141 e. The molecule has 1 saturated heterocycles. The normalized spacial score (nSPS) is 20.8. The van der Waals surface area contributed by atoms with Crippen molar-refractivity contribution in [1.82, 2.24) is 10.3 Å². The molecule has 2 N–H and O–H groups in total. The maximum atomic E-state index is 9.83. The molecule has 2 aromatic rings. The van der Waals surface area contributed by atoms with Crippen LogP contribution < -0.4 is 5.32 Å². The average molecular weight is 244 g/mol. The number of fused-ring (bicyclic) bond motifs is 1. The third kappa shape index (κ3) is 2.17. The molecular weight excluding hydrogens is 228 g/mol. The van der Waals surface area contributed by atoms with Crippen molar-refractivity contribution in [2.24, 2.45) is 0 Å². The number of hydrogen-bond donors (Lipinski definition) is 2. The van der Waals surface area contributed by atoms with Crippen LogP contribution in [0.15, 0.2) is 30.3 Å². The second-order valence-electron chi connectivity index (χ2n) is 4.48. The molecule has 1 atom stereocenters. The van der Waals surface area contributed by atoms with Crippen LogP contribution in [-0.4, -0.2) is 29.8 Å². The molecule has 18 heavy (non-hydrogen) atoms. The van der Waals surface area contributed by atoms with E-state index in [-0.39, 0.29) is 11.9 Å². The van der Waals surface area contributed by atoms with E-state index in [1.807, 2.05) is 24.3 Å². The second kappa shape index (κ2) is 4.92. The van der Waals surface area contributed by atoms with Crippen LogP contribution in [0, 0.1) is 0 Å². The molecular formula is C14H16N2O2. The number of aromatic hydroxyl groups is 1. The fraction of sp³-hybridized carbons (Fsp3) is 0.357. The fourth-order valence-electron chi connectivity index (χ4n) is 2.27. The van der Waals surface area contributed by atoms with Crippen molar-refractivity contribution < 1.29 is 9.84 Å². The number of hydrogen-bond acceptors (Lipinski definition) is 4. The number of benzene rings is 1. The molecule has 0 amide bonds. The first-order chi connectivity index (χ1) is 8.84. The zero-order chi connectivity index (χ0) is 12.4. The number of rotatable bonds is 1. The van der Waals surface area contributed by atoms with Crippen LogP contribution in [-0.2, 0) is 4.74 Å². The molecule has 2 heterocycles. The van der Waals surface area contributed by atoms with E-state index < -0.39 is 0 Å². The number of para-hydroxylation sites is 1. The predicted octanol–water partition coefficient (Wildman–Crippen LogP) is 1.99. The highest BCUT2D eigenvalue weighted by molar-refractivity contribution is 5.84. The van der Waals surface area contributed by atoms with Gasteiger partial charge in [0.25, 0.3) is 0 Å². The van der Waals surface area contributed by atoms with Crippen LogP contribution in [0.5, 0.6) is 5.75 Å². The lowest BCUT2D eigenvalue weighted by atomic mass is 10.1. The number of aromatic nitrogens is 1. The summed E-state index contributed by atoms with van der Waals surface area (Å²) in [5.41, 5.74) is 1.54. The van der Waals surface area contributed by atoms with Gasteiger partial charge < -0.3 is 15.2 Å². The Morgan fingerprint density at radius 1 is 1.22 bits per heavy atom. The Bertz CT molecular complexity index is 548. The summed E-state index contributed by atoms with van der Waals surface area (Å²) < 4.78 is 5.77. The monoisotopic (exact) mass is 244 g/mol. The summed E-state index contributed by atoms with van der Waals surface area (Å²) in [6.07, 6.45) is 0.926. The van der Waals surface area contributed by atoms with Gasteiger partial charge in [-0.1, -0.05) is 18.2 Å². The van der Waals surface area contributed by atoms with Gasteiger partial charge in [0.2, 0.25) is 0 Å². The van der Waals surface area contributed by atoms with Gasteiger partial charge in [0.1, 0.15) is 17.4 Å². The van der Waals surface area contributed by atoms with Crippen LogP contribution in [0.1, 0.15) is 18.2 Å². The topological polar surface area (TPSA) is 54.4 Å². The zero-order valence-electron chi connectivity index (χ0n) is 10.1. The minimum absolute atomic E-state index is 0.0176. The standard InChI is InChI=1S/C14H16N2O2/c17-12-3-1-2-10-4-5-11(16-14(10)12)13-6-7-15-8-9-18-13/h1-5,13,15,17H,6-9H2. The summed E-state index contributed by atoms with van der Waals surface area (Å²) in [7, 11) is 0. The largest absolute Gasteiger partial charge is 0.506 e. The van der Waals surface area contributed by atoms with E-state index in [1.165, 1.54) is 0 Å². The van der Waals surface area contributed by atoms with Gasteiger partial charge in [0, 0.05) is 11.9 Å². The summed E-state index contributed by atoms with van der Waals surface area (Å²) in [5, 5.41) is 14.1. The molecule has 1 aliphatic heterocycles. The molecule has 1 aromatic carbocycles. The van der Waals surface area contributed by atoms with Crippen LogP contribution in [0.4, 0.5) is 0 Å². The van der Waals surface area contributed by atoms with E-state index >= 15 is 0 Å². The van der Waals surface area contributed by atoms with Gasteiger partial charge >= 0.3 is 0 Å². The van der Waals surface area contributed by atoms with Crippen molar-refractivity contribution in [2.45, 2.75) is 12.5 Å². The minimum Gasteiger partial charge on any atom is -0.506 e. The number of pyridine rings is 1. The molecule has 4 nitrogen and oxygen atoms in total. The summed E-state index contributed by atoms with van der Waals surface area (Å²) in [4.78, 5) is 4.54. The first-order valence-corrected chi connectivity index (χ1v) is 6.25. The van der Waals surface area contributed by atoms with Gasteiger partial charge in [0.05, 0.1) is 12.3 Å². The summed E-state index contributed by atoms with van der Waals surface area (Å²) in [5.74, 6) is 0.223. The smallest absolute Gasteiger partial charge is 0.141 e. The van der Waals surface area contributed by atoms with Crippen molar-refractivity contribution in [3.8, 4) is 5.75 Å². The molecule has 3 rings (SSSR count). The van der Waals surface area contributed by atoms with E-state index in [0.29, 0.717) is 12.1 Å². The Labute approximate surface area is 106 Å². The number of phenols is 1. The molecule has 4 heteroatoms. The zero-order valence-corrected chi connectivity index (χ0v) is 10.1. The Morgan fingerprint density at radius 3 is 3.11 bits per heavy atom. The summed E-state index contributed by atoms with van der Waals surface area (Å²) >= 11 is 0. The molecule has 0 radical (unpaired) electrons. The second-order valence-corrected chi connectivity index (χ2v) is 4.48. The highest BCUT2D eigenvalue weighted by Crippen LogP contribution is 2.27. The lowest BCUT2D eigenvalue weighted by molar-refractivity contribution is 0.0616. The highest BCUT2D eigenvalue weighted by Gasteiger charge is 2.16. The van der Waals surface area contributed by atoms with Gasteiger partial charge in [-0.3, -0.25) is 0 Å². The van der Waals surface area contributed by atoms with E-state index in [4.69, 9.17) is 4.74 Å². The van der Waals surface area contributed by atoms with Crippen LogP contribution in [0.25, 0.3) is 10.9 Å². The number of nitrogens with zero attached hydrogens (tertiary/aromatic N) is 1. The van der Waals surface area contributed by atoms with E-state index in [1.54, 1.807) is 6.07 Å². The molecule has 1 aliphatic rings. The van der Waals surface area contributed by atoms with Gasteiger partial charge in [-0.15, -0.1) is 0 Å². The van der Waals surface area contributed by atoms with Crippen molar-refractivity contribution in [3.05, 3.63) is 36.0 Å². The van der Waals surface area contributed by atoms with Crippen molar-refractivity contribution in [2.75, 3.05) is 19.7 Å². The van der Waals surface area contributed by atoms with Gasteiger partial charge in [-0.25, -0.2) is 4.98 Å². The third-order valence-electron chi connectivity index (χ3n) is 3.23. The Kier molecular flexibility index (Phi) is 3.13. The molecule has 94 valence electrons. The Balaban J connectivity index is 1.99. The van der Waals surface area contributed by atoms with Crippen LogP contribution in [0.3, 0.4) is 0 Å². The van der Waals surface area contributed by atoms with Crippen LogP contribution in [0.2, 0.25) is 0 Å². The molecule has 0 saturated carbocycles. The van der Waals surface area contributed by atoms with E-state index in [2.05, 4.69) is 10.3 Å².